The second kappa shape index (κ2) is 8.36. The Morgan fingerprint density at radius 2 is 1.73 bits per heavy atom. The van der Waals surface area contributed by atoms with Gasteiger partial charge in [-0.25, -0.2) is 5.01 Å². The van der Waals surface area contributed by atoms with Gasteiger partial charge in [0.15, 0.2) is 5.01 Å². The van der Waals surface area contributed by atoms with Gasteiger partial charge in [0, 0.05) is 41.5 Å². The highest BCUT2D eigenvalue weighted by molar-refractivity contribution is 7.18. The van der Waals surface area contributed by atoms with Crippen molar-refractivity contribution < 1.29 is 0 Å². The van der Waals surface area contributed by atoms with Crippen molar-refractivity contribution >= 4 is 28.1 Å². The number of piperidine rings is 1. The van der Waals surface area contributed by atoms with E-state index in [0.717, 1.165) is 52.8 Å². The molecule has 0 saturated carbocycles. The number of fused-ring (bicyclic) bond motifs is 1. The standard InChI is InChI=1S/C25H33ClN6S/c1-24(2)13-9-14-25(3,4)32(24)30(5)23-28-27-22(33-23)19-12-8-11-18(21(19)26)20-16-17-10-6-7-15-31(17)29-20/h8,11-12,16H,6-7,9-10,13-15H2,1-5H3. The monoisotopic (exact) mass is 484 g/mol. The summed E-state index contributed by atoms with van der Waals surface area (Å²) in [5.41, 5.74) is 4.22. The lowest BCUT2D eigenvalue weighted by molar-refractivity contribution is -0.0326. The predicted molar refractivity (Wildman–Crippen MR) is 137 cm³/mol. The van der Waals surface area contributed by atoms with E-state index < -0.39 is 0 Å². The number of aromatic nitrogens is 4. The number of hydrazine groups is 1. The molecule has 8 heteroatoms. The largest absolute Gasteiger partial charge is 0.282 e. The van der Waals surface area contributed by atoms with Gasteiger partial charge in [-0.3, -0.25) is 9.69 Å². The number of benzene rings is 1. The topological polar surface area (TPSA) is 50.1 Å². The molecule has 176 valence electrons. The van der Waals surface area contributed by atoms with E-state index in [1.165, 1.54) is 25.0 Å². The summed E-state index contributed by atoms with van der Waals surface area (Å²) >= 11 is 8.52. The van der Waals surface area contributed by atoms with Crippen molar-refractivity contribution in [3.05, 3.63) is 35.0 Å². The Balaban J connectivity index is 1.47. The molecule has 3 aromatic rings. The Morgan fingerprint density at radius 3 is 2.45 bits per heavy atom. The number of hydrogen-bond acceptors (Lipinski definition) is 6. The van der Waals surface area contributed by atoms with Crippen LogP contribution in [0.2, 0.25) is 5.02 Å². The third-order valence-electron chi connectivity index (χ3n) is 7.14. The highest BCUT2D eigenvalue weighted by Crippen LogP contribution is 2.43. The summed E-state index contributed by atoms with van der Waals surface area (Å²) in [6, 6.07) is 8.30. The molecule has 0 N–H and O–H groups in total. The van der Waals surface area contributed by atoms with E-state index in [4.69, 9.17) is 16.7 Å². The number of rotatable bonds is 4. The zero-order valence-corrected chi connectivity index (χ0v) is 21.8. The van der Waals surface area contributed by atoms with Crippen LogP contribution in [0.1, 0.15) is 65.5 Å². The summed E-state index contributed by atoms with van der Waals surface area (Å²) in [5, 5.41) is 21.0. The summed E-state index contributed by atoms with van der Waals surface area (Å²) in [6.45, 7) is 10.3. The minimum atomic E-state index is 0.0557. The van der Waals surface area contributed by atoms with E-state index in [9.17, 15) is 0 Å². The third kappa shape index (κ3) is 4.08. The molecule has 2 aliphatic heterocycles. The average molecular weight is 485 g/mol. The van der Waals surface area contributed by atoms with Crippen molar-refractivity contribution in [3.8, 4) is 21.8 Å². The zero-order valence-electron chi connectivity index (χ0n) is 20.2. The number of aryl methyl sites for hydroxylation is 2. The van der Waals surface area contributed by atoms with Gasteiger partial charge in [-0.2, -0.15) is 5.10 Å². The molecule has 0 unspecified atom stereocenters. The Hall–Kier alpha value is -1.96. The smallest absolute Gasteiger partial charge is 0.222 e. The maximum Gasteiger partial charge on any atom is 0.222 e. The van der Waals surface area contributed by atoms with E-state index in [1.54, 1.807) is 11.3 Å². The van der Waals surface area contributed by atoms with Gasteiger partial charge >= 0.3 is 0 Å². The minimum absolute atomic E-state index is 0.0557. The third-order valence-corrected chi connectivity index (χ3v) is 8.57. The summed E-state index contributed by atoms with van der Waals surface area (Å²) in [5.74, 6) is 0. The fourth-order valence-electron chi connectivity index (χ4n) is 5.78. The van der Waals surface area contributed by atoms with Crippen LogP contribution >= 0.6 is 22.9 Å². The van der Waals surface area contributed by atoms with Crippen LogP contribution in [-0.2, 0) is 13.0 Å². The van der Waals surface area contributed by atoms with Gasteiger partial charge in [-0.1, -0.05) is 41.1 Å². The molecule has 1 saturated heterocycles. The van der Waals surface area contributed by atoms with Crippen LogP contribution in [0.25, 0.3) is 21.8 Å². The predicted octanol–water partition coefficient (Wildman–Crippen LogP) is 6.45. The Morgan fingerprint density at radius 1 is 1.00 bits per heavy atom. The summed E-state index contributed by atoms with van der Waals surface area (Å²) in [4.78, 5) is 0. The van der Waals surface area contributed by atoms with E-state index in [-0.39, 0.29) is 11.1 Å². The SMILES string of the molecule is CN(c1nnc(-c2cccc(-c3cc4n(n3)CCCC4)c2Cl)s1)N1C(C)(C)CCCC1(C)C. The molecular weight excluding hydrogens is 452 g/mol. The van der Waals surface area contributed by atoms with Gasteiger partial charge in [0.1, 0.15) is 0 Å². The molecule has 0 spiro atoms. The first kappa shape index (κ1) is 22.8. The van der Waals surface area contributed by atoms with Crippen LogP contribution in [0.15, 0.2) is 24.3 Å². The average Bonchev–Trinajstić information content (AvgIpc) is 3.40. The van der Waals surface area contributed by atoms with Gasteiger partial charge in [-0.15, -0.1) is 10.2 Å². The van der Waals surface area contributed by atoms with Crippen LogP contribution in [0.5, 0.6) is 0 Å². The highest BCUT2D eigenvalue weighted by atomic mass is 35.5. The Kier molecular flexibility index (Phi) is 5.78. The molecule has 0 radical (unpaired) electrons. The number of hydrogen-bond donors (Lipinski definition) is 0. The van der Waals surface area contributed by atoms with Gasteiger partial charge in [-0.05, 0) is 72.3 Å². The van der Waals surface area contributed by atoms with Crippen molar-refractivity contribution in [2.75, 3.05) is 12.1 Å². The highest BCUT2D eigenvalue weighted by Gasteiger charge is 2.44. The summed E-state index contributed by atoms with van der Waals surface area (Å²) in [6.07, 6.45) is 7.06. The minimum Gasteiger partial charge on any atom is -0.282 e. The second-order valence-corrected chi connectivity index (χ2v) is 11.9. The fraction of sp³-hybridized carbons (Fsp3) is 0.560. The van der Waals surface area contributed by atoms with E-state index >= 15 is 0 Å². The number of anilines is 1. The van der Waals surface area contributed by atoms with Gasteiger partial charge in [0.05, 0.1) is 10.7 Å². The number of nitrogens with zero attached hydrogens (tertiary/aromatic N) is 6. The summed E-state index contributed by atoms with van der Waals surface area (Å²) in [7, 11) is 2.10. The molecule has 1 fully saturated rings. The number of halogens is 1. The van der Waals surface area contributed by atoms with Gasteiger partial charge in [0.2, 0.25) is 5.13 Å². The van der Waals surface area contributed by atoms with Crippen LogP contribution in [0, 0.1) is 0 Å². The molecule has 6 nitrogen and oxygen atoms in total. The second-order valence-electron chi connectivity index (χ2n) is 10.6. The Bertz CT molecular complexity index is 1120. The fourth-order valence-corrected chi connectivity index (χ4v) is 6.98. The van der Waals surface area contributed by atoms with Crippen molar-refractivity contribution in [2.24, 2.45) is 0 Å². The first-order chi connectivity index (χ1) is 15.7. The first-order valence-corrected chi connectivity index (χ1v) is 13.1. The molecule has 0 atom stereocenters. The molecule has 2 aliphatic rings. The quantitative estimate of drug-likeness (QED) is 0.425. The molecule has 4 heterocycles. The van der Waals surface area contributed by atoms with Crippen LogP contribution in [-0.4, -0.2) is 43.1 Å². The van der Waals surface area contributed by atoms with Crippen molar-refractivity contribution in [3.63, 3.8) is 0 Å². The molecule has 1 aromatic carbocycles. The first-order valence-electron chi connectivity index (χ1n) is 11.9. The molecule has 0 amide bonds. The van der Waals surface area contributed by atoms with E-state index in [0.29, 0.717) is 5.02 Å². The molecule has 0 bridgehead atoms. The molecule has 33 heavy (non-hydrogen) atoms. The van der Waals surface area contributed by atoms with Crippen molar-refractivity contribution in [1.82, 2.24) is 25.0 Å². The lowest BCUT2D eigenvalue weighted by Gasteiger charge is -2.55. The van der Waals surface area contributed by atoms with Crippen molar-refractivity contribution in [2.45, 2.75) is 83.8 Å². The molecule has 0 aliphatic carbocycles. The maximum atomic E-state index is 6.94. The molecule has 2 aromatic heterocycles. The van der Waals surface area contributed by atoms with Crippen LogP contribution < -0.4 is 5.01 Å². The van der Waals surface area contributed by atoms with Crippen molar-refractivity contribution in [1.29, 1.82) is 0 Å². The van der Waals surface area contributed by atoms with Crippen LogP contribution in [0.4, 0.5) is 5.13 Å². The lowest BCUT2D eigenvalue weighted by Crippen LogP contribution is -2.64. The van der Waals surface area contributed by atoms with E-state index in [2.05, 4.69) is 65.7 Å². The maximum absolute atomic E-state index is 6.94. The van der Waals surface area contributed by atoms with E-state index in [1.807, 2.05) is 18.2 Å². The molecular formula is C25H33ClN6S. The van der Waals surface area contributed by atoms with Gasteiger partial charge < -0.3 is 0 Å². The summed E-state index contributed by atoms with van der Waals surface area (Å²) < 4.78 is 2.13. The normalized spacial score (nSPS) is 19.9. The Labute approximate surface area is 205 Å². The zero-order chi connectivity index (χ0) is 23.4. The lowest BCUT2D eigenvalue weighted by atomic mass is 9.81. The molecule has 5 rings (SSSR count). The van der Waals surface area contributed by atoms with Crippen LogP contribution in [0.3, 0.4) is 0 Å². The van der Waals surface area contributed by atoms with Gasteiger partial charge in [0.25, 0.3) is 0 Å².